The first kappa shape index (κ1) is 14.8. The van der Waals surface area contributed by atoms with E-state index < -0.39 is 0 Å². The van der Waals surface area contributed by atoms with Gasteiger partial charge in [-0.15, -0.1) is 0 Å². The number of nitrogens with one attached hydrogen (secondary N) is 1. The summed E-state index contributed by atoms with van der Waals surface area (Å²) in [5, 5.41) is 3.07. The van der Waals surface area contributed by atoms with Crippen molar-refractivity contribution in [3.63, 3.8) is 0 Å². The maximum Gasteiger partial charge on any atom is 0.150 e. The van der Waals surface area contributed by atoms with Crippen LogP contribution in [0.1, 0.15) is 23.3 Å². The highest BCUT2D eigenvalue weighted by molar-refractivity contribution is 5.40. The molecule has 2 aromatic rings. The number of nitrogens with zero attached hydrogens (tertiary/aromatic N) is 5. The van der Waals surface area contributed by atoms with Crippen LogP contribution in [0.5, 0.6) is 0 Å². The van der Waals surface area contributed by atoms with Crippen LogP contribution in [0.4, 0.5) is 5.82 Å². The van der Waals surface area contributed by atoms with Gasteiger partial charge in [0.15, 0.2) is 0 Å². The molecule has 3 heterocycles. The number of hydrogen-bond donors (Lipinski definition) is 1. The van der Waals surface area contributed by atoms with Gasteiger partial charge in [0, 0.05) is 45.3 Å². The standard InChI is InChI=1S/C15H20N6O/c1-11-17-4-3-12(20-11)9-21-7-8-22-13(10-21)14-15(16-2)19-6-5-18-14/h3-6,13H,7-10H2,1-2H3,(H,16,19). The zero-order chi connectivity index (χ0) is 15.4. The largest absolute Gasteiger partial charge is 0.372 e. The van der Waals surface area contributed by atoms with Crippen molar-refractivity contribution in [2.45, 2.75) is 19.6 Å². The van der Waals surface area contributed by atoms with Crippen molar-refractivity contribution < 1.29 is 4.74 Å². The molecule has 1 aliphatic rings. The Morgan fingerprint density at radius 1 is 1.27 bits per heavy atom. The van der Waals surface area contributed by atoms with Gasteiger partial charge in [0.2, 0.25) is 0 Å². The number of anilines is 1. The van der Waals surface area contributed by atoms with Gasteiger partial charge in [-0.3, -0.25) is 9.88 Å². The van der Waals surface area contributed by atoms with Crippen molar-refractivity contribution in [2.24, 2.45) is 0 Å². The molecule has 0 bridgehead atoms. The van der Waals surface area contributed by atoms with Crippen LogP contribution < -0.4 is 5.32 Å². The van der Waals surface area contributed by atoms with Crippen LogP contribution in [0.25, 0.3) is 0 Å². The number of ether oxygens (including phenoxy) is 1. The summed E-state index contributed by atoms with van der Waals surface area (Å²) in [6.07, 6.45) is 5.11. The molecular formula is C15H20N6O. The second-order valence-electron chi connectivity index (χ2n) is 5.23. The number of hydrogen-bond acceptors (Lipinski definition) is 7. The lowest BCUT2D eigenvalue weighted by atomic mass is 10.2. The van der Waals surface area contributed by atoms with Crippen LogP contribution in [-0.2, 0) is 11.3 Å². The average Bonchev–Trinajstić information content (AvgIpc) is 2.55. The lowest BCUT2D eigenvalue weighted by molar-refractivity contribution is -0.0351. The van der Waals surface area contributed by atoms with Crippen LogP contribution in [0.15, 0.2) is 24.7 Å². The fourth-order valence-corrected chi connectivity index (χ4v) is 2.61. The third kappa shape index (κ3) is 3.37. The molecule has 0 aromatic carbocycles. The maximum atomic E-state index is 5.88. The van der Waals surface area contributed by atoms with Crippen LogP contribution in [0, 0.1) is 6.92 Å². The first-order valence-electron chi connectivity index (χ1n) is 7.37. The Morgan fingerprint density at radius 3 is 2.95 bits per heavy atom. The normalized spacial score (nSPS) is 19.1. The molecule has 1 atom stereocenters. The summed E-state index contributed by atoms with van der Waals surface area (Å²) in [4.78, 5) is 19.7. The van der Waals surface area contributed by atoms with E-state index in [0.29, 0.717) is 6.61 Å². The van der Waals surface area contributed by atoms with Gasteiger partial charge < -0.3 is 10.1 Å². The summed E-state index contributed by atoms with van der Waals surface area (Å²) in [6.45, 7) is 5.03. The zero-order valence-corrected chi connectivity index (χ0v) is 12.9. The molecule has 116 valence electrons. The van der Waals surface area contributed by atoms with Gasteiger partial charge in [-0.05, 0) is 13.0 Å². The molecule has 2 aromatic heterocycles. The number of aromatic nitrogens is 4. The van der Waals surface area contributed by atoms with E-state index in [-0.39, 0.29) is 6.10 Å². The second kappa shape index (κ2) is 6.76. The summed E-state index contributed by atoms with van der Waals surface area (Å²) in [5.41, 5.74) is 1.88. The third-order valence-electron chi connectivity index (χ3n) is 3.64. The van der Waals surface area contributed by atoms with E-state index in [4.69, 9.17) is 4.74 Å². The highest BCUT2D eigenvalue weighted by Gasteiger charge is 2.25. The van der Waals surface area contributed by atoms with E-state index in [1.165, 1.54) is 0 Å². The Morgan fingerprint density at radius 2 is 2.14 bits per heavy atom. The second-order valence-corrected chi connectivity index (χ2v) is 5.23. The first-order chi connectivity index (χ1) is 10.8. The van der Waals surface area contributed by atoms with Crippen molar-refractivity contribution in [1.29, 1.82) is 0 Å². The molecule has 0 amide bonds. The van der Waals surface area contributed by atoms with Gasteiger partial charge in [0.05, 0.1) is 12.3 Å². The zero-order valence-electron chi connectivity index (χ0n) is 12.9. The van der Waals surface area contributed by atoms with Gasteiger partial charge in [-0.25, -0.2) is 15.0 Å². The molecule has 0 saturated carbocycles. The molecule has 0 aliphatic carbocycles. The third-order valence-corrected chi connectivity index (χ3v) is 3.64. The number of aryl methyl sites for hydroxylation is 1. The summed E-state index contributed by atoms with van der Waals surface area (Å²) < 4.78 is 5.88. The molecule has 1 saturated heterocycles. The minimum absolute atomic E-state index is 0.0761. The van der Waals surface area contributed by atoms with Crippen molar-refractivity contribution in [1.82, 2.24) is 24.8 Å². The van der Waals surface area contributed by atoms with Crippen LogP contribution in [0.3, 0.4) is 0 Å². The van der Waals surface area contributed by atoms with Crippen LogP contribution in [0.2, 0.25) is 0 Å². The topological polar surface area (TPSA) is 76.1 Å². The van der Waals surface area contributed by atoms with Crippen molar-refractivity contribution >= 4 is 5.82 Å². The summed E-state index contributed by atoms with van der Waals surface area (Å²) in [6, 6.07) is 1.96. The molecule has 0 spiro atoms. The van der Waals surface area contributed by atoms with E-state index >= 15 is 0 Å². The van der Waals surface area contributed by atoms with E-state index in [9.17, 15) is 0 Å². The predicted octanol–water partition coefficient (Wildman–Crippen LogP) is 1.19. The molecule has 1 unspecified atom stereocenters. The minimum atomic E-state index is -0.0761. The summed E-state index contributed by atoms with van der Waals surface area (Å²) in [5.74, 6) is 1.57. The SMILES string of the molecule is CNc1nccnc1C1CN(Cc2ccnc(C)n2)CCO1. The number of morpholine rings is 1. The van der Waals surface area contributed by atoms with E-state index in [0.717, 1.165) is 42.7 Å². The molecule has 3 rings (SSSR count). The van der Waals surface area contributed by atoms with Crippen LogP contribution >= 0.6 is 0 Å². The first-order valence-corrected chi connectivity index (χ1v) is 7.37. The molecule has 1 aliphatic heterocycles. The predicted molar refractivity (Wildman–Crippen MR) is 82.3 cm³/mol. The Balaban J connectivity index is 1.71. The van der Waals surface area contributed by atoms with Crippen molar-refractivity contribution in [3.8, 4) is 0 Å². The Bertz CT molecular complexity index is 635. The van der Waals surface area contributed by atoms with E-state index in [1.54, 1.807) is 18.6 Å². The van der Waals surface area contributed by atoms with Crippen molar-refractivity contribution in [2.75, 3.05) is 32.1 Å². The number of rotatable bonds is 4. The quantitative estimate of drug-likeness (QED) is 0.909. The molecule has 7 heteroatoms. The van der Waals surface area contributed by atoms with Crippen LogP contribution in [-0.4, -0.2) is 51.6 Å². The Kier molecular flexibility index (Phi) is 4.55. The summed E-state index contributed by atoms with van der Waals surface area (Å²) >= 11 is 0. The highest BCUT2D eigenvalue weighted by Crippen LogP contribution is 2.25. The average molecular weight is 300 g/mol. The molecule has 7 nitrogen and oxygen atoms in total. The van der Waals surface area contributed by atoms with Crippen molar-refractivity contribution in [3.05, 3.63) is 41.9 Å². The van der Waals surface area contributed by atoms with E-state index in [1.807, 2.05) is 20.0 Å². The Hall–Kier alpha value is -2.12. The fraction of sp³-hybridized carbons (Fsp3) is 0.467. The van der Waals surface area contributed by atoms with E-state index in [2.05, 4.69) is 30.2 Å². The smallest absolute Gasteiger partial charge is 0.150 e. The molecule has 1 fully saturated rings. The lowest BCUT2D eigenvalue weighted by Crippen LogP contribution is -2.38. The maximum absolute atomic E-state index is 5.88. The molecule has 0 radical (unpaired) electrons. The highest BCUT2D eigenvalue weighted by atomic mass is 16.5. The summed E-state index contributed by atoms with van der Waals surface area (Å²) in [7, 11) is 1.85. The Labute approximate surface area is 129 Å². The van der Waals surface area contributed by atoms with Gasteiger partial charge in [-0.1, -0.05) is 0 Å². The van der Waals surface area contributed by atoms with Gasteiger partial charge in [-0.2, -0.15) is 0 Å². The van der Waals surface area contributed by atoms with Gasteiger partial charge >= 0.3 is 0 Å². The fourth-order valence-electron chi connectivity index (χ4n) is 2.61. The molecule has 22 heavy (non-hydrogen) atoms. The molecule has 1 N–H and O–H groups in total. The monoisotopic (exact) mass is 300 g/mol. The minimum Gasteiger partial charge on any atom is -0.372 e. The lowest BCUT2D eigenvalue weighted by Gasteiger charge is -2.32. The molecular weight excluding hydrogens is 280 g/mol. The van der Waals surface area contributed by atoms with Gasteiger partial charge in [0.1, 0.15) is 23.4 Å². The van der Waals surface area contributed by atoms with Gasteiger partial charge in [0.25, 0.3) is 0 Å².